The predicted octanol–water partition coefficient (Wildman–Crippen LogP) is 3.60. The minimum absolute atomic E-state index is 0.136. The van der Waals surface area contributed by atoms with Crippen molar-refractivity contribution in [1.29, 1.82) is 0 Å². The molecule has 0 fully saturated rings. The number of benzene rings is 1. The minimum Gasteiger partial charge on any atom is -0.336 e. The number of nitrogens with one attached hydrogen (secondary N) is 3. The zero-order valence-corrected chi connectivity index (χ0v) is 18.5. The van der Waals surface area contributed by atoms with Gasteiger partial charge in [0.25, 0.3) is 5.56 Å². The van der Waals surface area contributed by atoms with Gasteiger partial charge >= 0.3 is 5.69 Å². The number of allylic oxidation sites excluding steroid dienone is 1. The maximum absolute atomic E-state index is 12.4. The predicted molar refractivity (Wildman–Crippen MR) is 121 cm³/mol. The number of aromatic nitrogens is 4. The van der Waals surface area contributed by atoms with E-state index < -0.39 is 11.2 Å². The highest BCUT2D eigenvalue weighted by Crippen LogP contribution is 2.28. The van der Waals surface area contributed by atoms with Crippen molar-refractivity contribution in [2.75, 3.05) is 5.32 Å². The quantitative estimate of drug-likeness (QED) is 0.463. The molecule has 1 amide bonds. The van der Waals surface area contributed by atoms with Crippen LogP contribution in [0.15, 0.2) is 44.9 Å². The summed E-state index contributed by atoms with van der Waals surface area (Å²) in [4.78, 5) is 47.9. The summed E-state index contributed by atoms with van der Waals surface area (Å²) in [6.07, 6.45) is 4.31. The number of unbranched alkanes of at least 4 members (excludes halogenated alkanes) is 1. The van der Waals surface area contributed by atoms with E-state index in [1.165, 1.54) is 11.5 Å². The minimum atomic E-state index is -0.475. The number of anilines is 1. The average Bonchev–Trinajstić information content (AvgIpc) is 3.14. The van der Waals surface area contributed by atoms with Crippen LogP contribution in [0.1, 0.15) is 50.4 Å². The van der Waals surface area contributed by atoms with Gasteiger partial charge in [0.1, 0.15) is 11.3 Å². The Morgan fingerprint density at radius 2 is 2.00 bits per heavy atom. The molecule has 0 bridgehead atoms. The Morgan fingerprint density at radius 1 is 1.27 bits per heavy atom. The highest BCUT2D eigenvalue weighted by Gasteiger charge is 2.20. The van der Waals surface area contributed by atoms with Crippen LogP contribution in [-0.2, 0) is 11.3 Å². The number of halogens is 1. The lowest BCUT2D eigenvalue weighted by Crippen LogP contribution is -2.30. The van der Waals surface area contributed by atoms with Gasteiger partial charge in [-0.2, -0.15) is 0 Å². The van der Waals surface area contributed by atoms with Crippen LogP contribution in [0.4, 0.5) is 5.69 Å². The molecule has 0 aliphatic rings. The zero-order chi connectivity index (χ0) is 21.7. The second kappa shape index (κ2) is 9.71. The molecule has 2 aromatic heterocycles. The number of aromatic amines is 2. The number of rotatable bonds is 8. The van der Waals surface area contributed by atoms with Crippen LogP contribution >= 0.6 is 15.9 Å². The fourth-order valence-electron chi connectivity index (χ4n) is 3.34. The third kappa shape index (κ3) is 4.79. The largest absolute Gasteiger partial charge is 0.336 e. The van der Waals surface area contributed by atoms with E-state index in [4.69, 9.17) is 0 Å². The van der Waals surface area contributed by atoms with Crippen molar-refractivity contribution in [2.45, 2.75) is 45.6 Å². The van der Waals surface area contributed by atoms with Crippen molar-refractivity contribution in [1.82, 2.24) is 19.5 Å². The Hall–Kier alpha value is -2.94. The molecule has 30 heavy (non-hydrogen) atoms. The van der Waals surface area contributed by atoms with Crippen LogP contribution < -0.4 is 16.6 Å². The molecule has 8 nitrogen and oxygen atoms in total. The number of amides is 1. The number of aryl methyl sites for hydroxylation is 1. The van der Waals surface area contributed by atoms with Crippen molar-refractivity contribution >= 4 is 38.7 Å². The van der Waals surface area contributed by atoms with Crippen LogP contribution in [-0.4, -0.2) is 25.4 Å². The molecule has 9 heteroatoms. The Labute approximate surface area is 181 Å². The van der Waals surface area contributed by atoms with Gasteiger partial charge in [-0.3, -0.25) is 19.1 Å². The molecule has 1 aromatic carbocycles. The molecule has 0 aliphatic carbocycles. The summed E-state index contributed by atoms with van der Waals surface area (Å²) in [5.74, 6) is 0.305. The van der Waals surface area contributed by atoms with Crippen LogP contribution in [0.2, 0.25) is 0 Å². The van der Waals surface area contributed by atoms with Gasteiger partial charge < -0.3 is 10.3 Å². The SMILES string of the molecule is CCCCn1c(=O)[nH]c(=O)c2[nH]c(C(CC=CBr)c3ccc(NC(C)=O)cc3)nc21. The van der Waals surface area contributed by atoms with Crippen molar-refractivity contribution in [3.05, 3.63) is 67.6 Å². The fraction of sp³-hybridized carbons (Fsp3) is 0.333. The third-order valence-corrected chi connectivity index (χ3v) is 5.18. The van der Waals surface area contributed by atoms with E-state index in [1.807, 2.05) is 37.3 Å². The topological polar surface area (TPSA) is 113 Å². The monoisotopic (exact) mass is 473 g/mol. The van der Waals surface area contributed by atoms with E-state index >= 15 is 0 Å². The first-order valence-electron chi connectivity index (χ1n) is 9.80. The number of nitrogens with zero attached hydrogens (tertiary/aromatic N) is 2. The standard InChI is InChI=1S/C21H24BrN5O3/c1-3-4-12-27-19-17(20(29)26-21(27)30)24-18(25-19)16(6-5-11-22)14-7-9-15(10-8-14)23-13(2)28/h5,7-11,16H,3-4,6,12H2,1-2H3,(H,23,28)(H,24,25)(H,26,29,30). The van der Waals surface area contributed by atoms with Gasteiger partial charge in [0.2, 0.25) is 5.91 Å². The van der Waals surface area contributed by atoms with Gasteiger partial charge in [-0.15, -0.1) is 0 Å². The van der Waals surface area contributed by atoms with Crippen molar-refractivity contribution < 1.29 is 4.79 Å². The lowest BCUT2D eigenvalue weighted by Gasteiger charge is -2.14. The molecule has 0 saturated heterocycles. The Morgan fingerprint density at radius 3 is 2.63 bits per heavy atom. The second-order valence-corrected chi connectivity index (χ2v) is 7.57. The maximum atomic E-state index is 12.4. The molecule has 0 spiro atoms. The second-order valence-electron chi connectivity index (χ2n) is 7.04. The molecule has 3 aromatic rings. The normalized spacial score (nSPS) is 12.5. The van der Waals surface area contributed by atoms with E-state index in [1.54, 1.807) is 4.99 Å². The zero-order valence-electron chi connectivity index (χ0n) is 16.9. The number of hydrogen-bond acceptors (Lipinski definition) is 4. The summed E-state index contributed by atoms with van der Waals surface area (Å²) in [5.41, 5.74) is 1.41. The molecule has 0 aliphatic heterocycles. The molecule has 0 saturated carbocycles. The summed E-state index contributed by atoms with van der Waals surface area (Å²) < 4.78 is 1.51. The summed E-state index contributed by atoms with van der Waals surface area (Å²) in [7, 11) is 0. The molecule has 158 valence electrons. The molecule has 3 rings (SSSR count). The molecule has 2 heterocycles. The molecule has 0 radical (unpaired) electrons. The number of H-pyrrole nitrogens is 2. The van der Waals surface area contributed by atoms with Crippen LogP contribution in [0.5, 0.6) is 0 Å². The van der Waals surface area contributed by atoms with Gasteiger partial charge in [0.05, 0.1) is 0 Å². The Bertz CT molecular complexity index is 1170. The first-order chi connectivity index (χ1) is 14.4. The van der Waals surface area contributed by atoms with Gasteiger partial charge in [-0.05, 0) is 35.5 Å². The van der Waals surface area contributed by atoms with Crippen molar-refractivity contribution in [3.8, 4) is 0 Å². The Kier molecular flexibility index (Phi) is 7.04. The summed E-state index contributed by atoms with van der Waals surface area (Å²) in [6, 6.07) is 7.49. The average molecular weight is 474 g/mol. The number of hydrogen-bond donors (Lipinski definition) is 3. The number of carbonyl (C=O) groups excluding carboxylic acids is 1. The fourth-order valence-corrected chi connectivity index (χ4v) is 3.56. The van der Waals surface area contributed by atoms with E-state index in [0.717, 1.165) is 18.4 Å². The molecular formula is C21H24BrN5O3. The summed E-state index contributed by atoms with van der Waals surface area (Å²) in [5, 5.41) is 2.75. The highest BCUT2D eigenvalue weighted by atomic mass is 79.9. The lowest BCUT2D eigenvalue weighted by molar-refractivity contribution is -0.114. The Balaban J connectivity index is 2.08. The van der Waals surface area contributed by atoms with E-state index in [2.05, 4.69) is 36.2 Å². The lowest BCUT2D eigenvalue weighted by atomic mass is 9.95. The molecule has 1 atom stereocenters. The van der Waals surface area contributed by atoms with Crippen LogP contribution in [0, 0.1) is 0 Å². The maximum Gasteiger partial charge on any atom is 0.330 e. The molecule has 1 unspecified atom stereocenters. The van der Waals surface area contributed by atoms with E-state index in [-0.39, 0.29) is 11.8 Å². The number of carbonyl (C=O) groups is 1. The summed E-state index contributed by atoms with van der Waals surface area (Å²) in [6.45, 7) is 3.99. The van der Waals surface area contributed by atoms with E-state index in [0.29, 0.717) is 35.6 Å². The van der Waals surface area contributed by atoms with Crippen LogP contribution in [0.25, 0.3) is 11.2 Å². The summed E-state index contributed by atoms with van der Waals surface area (Å²) >= 11 is 3.30. The van der Waals surface area contributed by atoms with Crippen LogP contribution in [0.3, 0.4) is 0 Å². The third-order valence-electron chi connectivity index (χ3n) is 4.81. The highest BCUT2D eigenvalue weighted by molar-refractivity contribution is 9.11. The van der Waals surface area contributed by atoms with E-state index in [9.17, 15) is 14.4 Å². The first kappa shape index (κ1) is 21.8. The van der Waals surface area contributed by atoms with Gasteiger partial charge in [-0.1, -0.05) is 47.5 Å². The number of fused-ring (bicyclic) bond motifs is 1. The number of imidazole rings is 1. The van der Waals surface area contributed by atoms with Gasteiger partial charge in [0, 0.05) is 25.1 Å². The van der Waals surface area contributed by atoms with Crippen molar-refractivity contribution in [3.63, 3.8) is 0 Å². The molecule has 3 N–H and O–H groups in total. The van der Waals surface area contributed by atoms with Gasteiger partial charge in [-0.25, -0.2) is 9.78 Å². The smallest absolute Gasteiger partial charge is 0.330 e. The first-order valence-corrected chi connectivity index (χ1v) is 10.7. The molecular weight excluding hydrogens is 450 g/mol. The van der Waals surface area contributed by atoms with Gasteiger partial charge in [0.15, 0.2) is 5.65 Å². The van der Waals surface area contributed by atoms with Crippen molar-refractivity contribution in [2.24, 2.45) is 0 Å².